The van der Waals surface area contributed by atoms with Crippen LogP contribution in [0.15, 0.2) is 12.4 Å². The van der Waals surface area contributed by atoms with E-state index in [2.05, 4.69) is 41.5 Å². The van der Waals surface area contributed by atoms with Gasteiger partial charge in [-0.3, -0.25) is 0 Å². The van der Waals surface area contributed by atoms with Crippen LogP contribution in [-0.2, 0) is 5.41 Å². The van der Waals surface area contributed by atoms with Gasteiger partial charge in [0, 0.05) is 23.8 Å². The second-order valence-electron chi connectivity index (χ2n) is 7.13. The molecule has 0 aromatic carbocycles. The summed E-state index contributed by atoms with van der Waals surface area (Å²) in [4.78, 5) is 8.64. The number of nitrogens with zero attached hydrogens (tertiary/aromatic N) is 3. The lowest BCUT2D eigenvalue weighted by atomic mass is 9.87. The Bertz CT molecular complexity index is 648. The first-order valence-corrected chi connectivity index (χ1v) is 7.68. The van der Waals surface area contributed by atoms with Crippen molar-refractivity contribution in [2.45, 2.75) is 64.0 Å². The van der Waals surface area contributed by atoms with Crippen molar-refractivity contribution in [1.29, 1.82) is 0 Å². The van der Waals surface area contributed by atoms with Gasteiger partial charge in [0.1, 0.15) is 5.65 Å². The van der Waals surface area contributed by atoms with Crippen molar-refractivity contribution < 1.29 is 5.11 Å². The normalized spacial score (nSPS) is 23.6. The summed E-state index contributed by atoms with van der Waals surface area (Å²) >= 11 is 0. The Balaban J connectivity index is 2.11. The highest BCUT2D eigenvalue weighted by Crippen LogP contribution is 2.36. The van der Waals surface area contributed by atoms with Gasteiger partial charge in [0.25, 0.3) is 0 Å². The summed E-state index contributed by atoms with van der Waals surface area (Å²) in [7, 11) is 0. The zero-order valence-electron chi connectivity index (χ0n) is 13.0. The number of aliphatic hydroxyl groups is 1. The van der Waals surface area contributed by atoms with Gasteiger partial charge in [-0.1, -0.05) is 20.8 Å². The molecule has 1 saturated carbocycles. The van der Waals surface area contributed by atoms with E-state index >= 15 is 0 Å². The topological polar surface area (TPSA) is 77.0 Å². The molecule has 0 amide bonds. The van der Waals surface area contributed by atoms with Crippen LogP contribution in [0.1, 0.15) is 58.1 Å². The van der Waals surface area contributed by atoms with Crippen LogP contribution in [0, 0.1) is 0 Å². The molecule has 2 aromatic rings. The van der Waals surface area contributed by atoms with Crippen LogP contribution in [0.25, 0.3) is 11.0 Å². The van der Waals surface area contributed by atoms with E-state index in [1.807, 2.05) is 6.20 Å². The van der Waals surface area contributed by atoms with Crippen LogP contribution < -0.4 is 5.73 Å². The Kier molecular flexibility index (Phi) is 3.40. The van der Waals surface area contributed by atoms with Gasteiger partial charge in [-0.25, -0.2) is 4.98 Å². The van der Waals surface area contributed by atoms with Crippen molar-refractivity contribution in [2.24, 2.45) is 0 Å². The highest BCUT2D eigenvalue weighted by Gasteiger charge is 2.27. The fourth-order valence-corrected chi connectivity index (χ4v) is 3.25. The summed E-state index contributed by atoms with van der Waals surface area (Å²) in [5.41, 5.74) is 8.00. The molecule has 0 saturated heterocycles. The van der Waals surface area contributed by atoms with Crippen LogP contribution in [0.3, 0.4) is 0 Å². The molecule has 1 aliphatic rings. The molecule has 2 aromatic heterocycles. The molecule has 3 N–H and O–H groups in total. The van der Waals surface area contributed by atoms with Gasteiger partial charge in [0.15, 0.2) is 0 Å². The Morgan fingerprint density at radius 3 is 2.52 bits per heavy atom. The van der Waals surface area contributed by atoms with Crippen molar-refractivity contribution in [3.05, 3.63) is 18.0 Å². The van der Waals surface area contributed by atoms with E-state index < -0.39 is 0 Å². The van der Waals surface area contributed by atoms with Gasteiger partial charge in [-0.05, 0) is 36.7 Å². The lowest BCUT2D eigenvalue weighted by molar-refractivity contribution is 0.111. The number of aliphatic hydroxyl groups excluding tert-OH is 1. The summed E-state index contributed by atoms with van der Waals surface area (Å²) in [6, 6.07) is 0.390. The third-order valence-corrected chi connectivity index (χ3v) is 4.46. The maximum atomic E-state index is 9.71. The molecule has 5 nitrogen and oxygen atoms in total. The third kappa shape index (κ3) is 2.62. The van der Waals surface area contributed by atoms with Crippen LogP contribution >= 0.6 is 0 Å². The molecule has 0 unspecified atom stereocenters. The lowest BCUT2D eigenvalue weighted by Gasteiger charge is -2.27. The molecule has 2 heterocycles. The number of rotatable bonds is 1. The van der Waals surface area contributed by atoms with Gasteiger partial charge in [-0.15, -0.1) is 0 Å². The molecule has 21 heavy (non-hydrogen) atoms. The number of anilines is 1. The van der Waals surface area contributed by atoms with E-state index in [0.29, 0.717) is 12.0 Å². The van der Waals surface area contributed by atoms with Crippen molar-refractivity contribution in [2.75, 3.05) is 5.73 Å². The highest BCUT2D eigenvalue weighted by atomic mass is 16.3. The molecule has 3 rings (SSSR count). The minimum atomic E-state index is -0.148. The number of nitrogens with two attached hydrogens (primary N) is 1. The molecule has 0 bridgehead atoms. The van der Waals surface area contributed by atoms with Crippen molar-refractivity contribution in [3.8, 4) is 0 Å². The molecule has 0 aliphatic heterocycles. The first-order valence-electron chi connectivity index (χ1n) is 7.68. The van der Waals surface area contributed by atoms with E-state index in [-0.39, 0.29) is 11.5 Å². The zero-order chi connectivity index (χ0) is 15.2. The van der Waals surface area contributed by atoms with Crippen molar-refractivity contribution >= 4 is 17.0 Å². The molecule has 0 atom stereocenters. The predicted octanol–water partition coefficient (Wildman–Crippen LogP) is 2.79. The van der Waals surface area contributed by atoms with Crippen LogP contribution in [-0.4, -0.2) is 25.7 Å². The van der Waals surface area contributed by atoms with E-state index in [4.69, 9.17) is 5.73 Å². The van der Waals surface area contributed by atoms with Crippen LogP contribution in [0.4, 0.5) is 5.95 Å². The fourth-order valence-electron chi connectivity index (χ4n) is 3.25. The number of nitrogen functional groups attached to an aromatic ring is 1. The van der Waals surface area contributed by atoms with Gasteiger partial charge >= 0.3 is 0 Å². The standard InChI is InChI=1S/C16H24N4O/c1-16(2,3)13-9-20(10-4-6-11(21)7-5-10)14-12(13)8-18-15(17)19-14/h8-11,21H,4-7H2,1-3H3,(H2,17,18,19)/t10-,11-. The zero-order valence-corrected chi connectivity index (χ0v) is 13.0. The van der Waals surface area contributed by atoms with Crippen LogP contribution in [0.5, 0.6) is 0 Å². The maximum Gasteiger partial charge on any atom is 0.221 e. The monoisotopic (exact) mass is 288 g/mol. The smallest absolute Gasteiger partial charge is 0.221 e. The quantitative estimate of drug-likeness (QED) is 0.846. The first kappa shape index (κ1) is 14.3. The average Bonchev–Trinajstić information content (AvgIpc) is 2.78. The van der Waals surface area contributed by atoms with Gasteiger partial charge in [0.2, 0.25) is 5.95 Å². The molecular formula is C16H24N4O. The number of hydrogen-bond donors (Lipinski definition) is 2. The third-order valence-electron chi connectivity index (χ3n) is 4.46. The first-order chi connectivity index (χ1) is 9.86. The van der Waals surface area contributed by atoms with E-state index in [1.165, 1.54) is 5.56 Å². The summed E-state index contributed by atoms with van der Waals surface area (Å²) < 4.78 is 2.25. The number of aromatic nitrogens is 3. The second kappa shape index (κ2) is 4.98. The summed E-state index contributed by atoms with van der Waals surface area (Å²) in [6.07, 6.45) is 7.58. The van der Waals surface area contributed by atoms with Gasteiger partial charge in [-0.2, -0.15) is 4.98 Å². The number of hydrogen-bond acceptors (Lipinski definition) is 4. The summed E-state index contributed by atoms with van der Waals surface area (Å²) in [5.74, 6) is 0.318. The summed E-state index contributed by atoms with van der Waals surface area (Å²) in [6.45, 7) is 6.60. The van der Waals surface area contributed by atoms with Gasteiger partial charge < -0.3 is 15.4 Å². The van der Waals surface area contributed by atoms with Crippen molar-refractivity contribution in [3.63, 3.8) is 0 Å². The Labute approximate surface area is 125 Å². The molecule has 1 aliphatic carbocycles. The predicted molar refractivity (Wildman–Crippen MR) is 84.2 cm³/mol. The molecular weight excluding hydrogens is 264 g/mol. The Hall–Kier alpha value is -1.62. The summed E-state index contributed by atoms with van der Waals surface area (Å²) in [5, 5.41) is 10.8. The van der Waals surface area contributed by atoms with E-state index in [0.717, 1.165) is 36.7 Å². The molecule has 0 radical (unpaired) electrons. The van der Waals surface area contributed by atoms with Crippen molar-refractivity contribution in [1.82, 2.24) is 14.5 Å². The Morgan fingerprint density at radius 1 is 1.24 bits per heavy atom. The minimum Gasteiger partial charge on any atom is -0.393 e. The van der Waals surface area contributed by atoms with E-state index in [1.54, 1.807) is 0 Å². The molecule has 1 fully saturated rings. The minimum absolute atomic E-state index is 0.0388. The average molecular weight is 288 g/mol. The SMILES string of the molecule is CC(C)(C)c1cn([C@H]2CC[C@H](O)CC2)c2nc(N)ncc12. The molecule has 114 valence electrons. The van der Waals surface area contributed by atoms with Gasteiger partial charge in [0.05, 0.1) is 6.10 Å². The fraction of sp³-hybridized carbons (Fsp3) is 0.625. The molecule has 0 spiro atoms. The molecule has 5 heteroatoms. The van der Waals surface area contributed by atoms with Crippen LogP contribution in [0.2, 0.25) is 0 Å². The Morgan fingerprint density at radius 2 is 1.90 bits per heavy atom. The van der Waals surface area contributed by atoms with E-state index in [9.17, 15) is 5.11 Å². The maximum absolute atomic E-state index is 9.71. The second-order valence-corrected chi connectivity index (χ2v) is 7.13. The lowest BCUT2D eigenvalue weighted by Crippen LogP contribution is -2.21. The number of fused-ring (bicyclic) bond motifs is 1. The largest absolute Gasteiger partial charge is 0.393 e. The highest BCUT2D eigenvalue weighted by molar-refractivity contribution is 5.81.